The summed E-state index contributed by atoms with van der Waals surface area (Å²) in [5.41, 5.74) is 0.392. The number of anilines is 1. The fourth-order valence-electron chi connectivity index (χ4n) is 1.37. The number of nitrogens with one attached hydrogen (secondary N) is 1. The van der Waals surface area contributed by atoms with Crippen LogP contribution in [0.25, 0.3) is 0 Å². The van der Waals surface area contributed by atoms with Gasteiger partial charge in [0, 0.05) is 6.07 Å². The zero-order valence-electron chi connectivity index (χ0n) is 9.37. The van der Waals surface area contributed by atoms with E-state index in [9.17, 15) is 4.79 Å². The van der Waals surface area contributed by atoms with Crippen LogP contribution in [0.4, 0.5) is 5.69 Å². The van der Waals surface area contributed by atoms with Crippen molar-refractivity contribution < 1.29 is 13.9 Å². The second-order valence-electron chi connectivity index (χ2n) is 3.40. The maximum Gasteiger partial charge on any atom is 0.291 e. The van der Waals surface area contributed by atoms with Crippen LogP contribution in [0, 0.1) is 0 Å². The van der Waals surface area contributed by atoms with Gasteiger partial charge in [-0.3, -0.25) is 4.79 Å². The SMILES string of the molecule is COc1cc(Cl)c(NC(=O)c2ccco2)cc1Cl. The molecule has 1 amide bonds. The first-order valence-corrected chi connectivity index (χ1v) is 5.75. The number of rotatable bonds is 3. The van der Waals surface area contributed by atoms with Crippen LogP contribution >= 0.6 is 23.2 Å². The van der Waals surface area contributed by atoms with Crippen molar-refractivity contribution in [3.8, 4) is 5.75 Å². The zero-order chi connectivity index (χ0) is 13.1. The molecule has 0 spiro atoms. The molecule has 0 aliphatic carbocycles. The number of furan rings is 1. The minimum atomic E-state index is -0.400. The van der Waals surface area contributed by atoms with Gasteiger partial charge in [0.1, 0.15) is 5.75 Å². The van der Waals surface area contributed by atoms with Crippen molar-refractivity contribution in [3.63, 3.8) is 0 Å². The van der Waals surface area contributed by atoms with Gasteiger partial charge in [0.05, 0.1) is 29.1 Å². The van der Waals surface area contributed by atoms with E-state index in [0.29, 0.717) is 21.5 Å². The summed E-state index contributed by atoms with van der Waals surface area (Å²) in [4.78, 5) is 11.8. The first kappa shape index (κ1) is 12.8. The Morgan fingerprint density at radius 3 is 2.72 bits per heavy atom. The van der Waals surface area contributed by atoms with Crippen LogP contribution in [0.15, 0.2) is 34.9 Å². The van der Waals surface area contributed by atoms with E-state index in [0.717, 1.165) is 0 Å². The Morgan fingerprint density at radius 1 is 1.33 bits per heavy atom. The van der Waals surface area contributed by atoms with Crippen LogP contribution in [-0.2, 0) is 0 Å². The molecule has 0 radical (unpaired) electrons. The molecule has 1 aromatic heterocycles. The van der Waals surface area contributed by atoms with Gasteiger partial charge in [-0.25, -0.2) is 0 Å². The van der Waals surface area contributed by atoms with Gasteiger partial charge in [-0.05, 0) is 18.2 Å². The van der Waals surface area contributed by atoms with E-state index >= 15 is 0 Å². The van der Waals surface area contributed by atoms with Crippen molar-refractivity contribution in [2.24, 2.45) is 0 Å². The smallest absolute Gasteiger partial charge is 0.291 e. The van der Waals surface area contributed by atoms with Crippen LogP contribution in [0.3, 0.4) is 0 Å². The van der Waals surface area contributed by atoms with Gasteiger partial charge in [-0.1, -0.05) is 23.2 Å². The first-order chi connectivity index (χ1) is 8.61. The van der Waals surface area contributed by atoms with Crippen molar-refractivity contribution >= 4 is 34.8 Å². The van der Waals surface area contributed by atoms with E-state index in [4.69, 9.17) is 32.4 Å². The highest BCUT2D eigenvalue weighted by molar-refractivity contribution is 6.36. The van der Waals surface area contributed by atoms with Gasteiger partial charge < -0.3 is 14.5 Å². The molecule has 94 valence electrons. The van der Waals surface area contributed by atoms with Gasteiger partial charge in [-0.15, -0.1) is 0 Å². The topological polar surface area (TPSA) is 51.5 Å². The molecule has 0 atom stereocenters. The normalized spacial score (nSPS) is 10.2. The number of hydrogen-bond donors (Lipinski definition) is 1. The lowest BCUT2D eigenvalue weighted by molar-refractivity contribution is 0.0996. The average Bonchev–Trinajstić information content (AvgIpc) is 2.87. The number of methoxy groups -OCH3 is 1. The molecule has 0 saturated carbocycles. The van der Waals surface area contributed by atoms with Crippen LogP contribution in [0.2, 0.25) is 10.0 Å². The van der Waals surface area contributed by atoms with E-state index in [2.05, 4.69) is 5.32 Å². The molecule has 6 heteroatoms. The lowest BCUT2D eigenvalue weighted by Crippen LogP contribution is -2.11. The second-order valence-corrected chi connectivity index (χ2v) is 4.21. The van der Waals surface area contributed by atoms with Crippen LogP contribution in [0.1, 0.15) is 10.6 Å². The number of carbonyl (C=O) groups is 1. The fraction of sp³-hybridized carbons (Fsp3) is 0.0833. The molecule has 2 aromatic rings. The van der Waals surface area contributed by atoms with Crippen molar-refractivity contribution in [1.29, 1.82) is 0 Å². The highest BCUT2D eigenvalue weighted by atomic mass is 35.5. The van der Waals surface area contributed by atoms with E-state index in [-0.39, 0.29) is 5.76 Å². The van der Waals surface area contributed by atoms with Crippen molar-refractivity contribution in [2.45, 2.75) is 0 Å². The Labute approximate surface area is 113 Å². The predicted octanol–water partition coefficient (Wildman–Crippen LogP) is 3.85. The lowest BCUT2D eigenvalue weighted by atomic mass is 10.3. The Hall–Kier alpha value is -1.65. The maximum atomic E-state index is 11.8. The zero-order valence-corrected chi connectivity index (χ0v) is 10.9. The third-order valence-electron chi connectivity index (χ3n) is 2.23. The minimum Gasteiger partial charge on any atom is -0.495 e. The molecule has 1 heterocycles. The van der Waals surface area contributed by atoms with Crippen molar-refractivity contribution in [1.82, 2.24) is 0 Å². The molecular formula is C12H9Cl2NO3. The van der Waals surface area contributed by atoms with Crippen LogP contribution in [-0.4, -0.2) is 13.0 Å². The molecule has 0 fully saturated rings. The van der Waals surface area contributed by atoms with E-state index in [1.54, 1.807) is 12.1 Å². The Balaban J connectivity index is 2.24. The summed E-state index contributed by atoms with van der Waals surface area (Å²) < 4.78 is 9.98. The number of carbonyl (C=O) groups excluding carboxylic acids is 1. The Morgan fingerprint density at radius 2 is 2.11 bits per heavy atom. The van der Waals surface area contributed by atoms with E-state index in [1.165, 1.54) is 25.5 Å². The standard InChI is InChI=1S/C12H9Cl2NO3/c1-17-11-6-7(13)9(5-8(11)14)15-12(16)10-3-2-4-18-10/h2-6H,1H3,(H,15,16). The maximum absolute atomic E-state index is 11.8. The van der Waals surface area contributed by atoms with E-state index < -0.39 is 5.91 Å². The van der Waals surface area contributed by atoms with Gasteiger partial charge in [0.2, 0.25) is 0 Å². The quantitative estimate of drug-likeness (QED) is 0.932. The third kappa shape index (κ3) is 2.60. The molecule has 18 heavy (non-hydrogen) atoms. The summed E-state index contributed by atoms with van der Waals surface area (Å²) >= 11 is 12.0. The van der Waals surface area contributed by atoms with Gasteiger partial charge in [-0.2, -0.15) is 0 Å². The summed E-state index contributed by atoms with van der Waals surface area (Å²) in [6.45, 7) is 0. The first-order valence-electron chi connectivity index (χ1n) is 4.99. The number of ether oxygens (including phenoxy) is 1. The van der Waals surface area contributed by atoms with Gasteiger partial charge in [0.15, 0.2) is 5.76 Å². The van der Waals surface area contributed by atoms with Crippen LogP contribution < -0.4 is 10.1 Å². The Bertz CT molecular complexity index is 567. The molecule has 0 aliphatic rings. The molecule has 0 unspecified atom stereocenters. The third-order valence-corrected chi connectivity index (χ3v) is 2.84. The highest BCUT2D eigenvalue weighted by Gasteiger charge is 2.13. The fourth-order valence-corrected chi connectivity index (χ4v) is 1.81. The molecule has 1 aromatic carbocycles. The number of hydrogen-bond acceptors (Lipinski definition) is 3. The summed E-state index contributed by atoms with van der Waals surface area (Å²) in [6.07, 6.45) is 1.41. The van der Waals surface area contributed by atoms with E-state index in [1.807, 2.05) is 0 Å². The van der Waals surface area contributed by atoms with Crippen LogP contribution in [0.5, 0.6) is 5.75 Å². The highest BCUT2D eigenvalue weighted by Crippen LogP contribution is 2.34. The largest absolute Gasteiger partial charge is 0.495 e. The molecule has 1 N–H and O–H groups in total. The predicted molar refractivity (Wildman–Crippen MR) is 69.7 cm³/mol. The summed E-state index contributed by atoms with van der Waals surface area (Å²) in [6, 6.07) is 6.22. The monoisotopic (exact) mass is 285 g/mol. The number of halogens is 2. The lowest BCUT2D eigenvalue weighted by Gasteiger charge is -2.09. The molecule has 0 bridgehead atoms. The van der Waals surface area contributed by atoms with Gasteiger partial charge >= 0.3 is 0 Å². The number of amides is 1. The summed E-state index contributed by atoms with van der Waals surface area (Å²) in [5.74, 6) is 0.235. The van der Waals surface area contributed by atoms with Crippen molar-refractivity contribution in [2.75, 3.05) is 12.4 Å². The second kappa shape index (κ2) is 5.33. The Kier molecular flexibility index (Phi) is 3.79. The molecule has 0 aliphatic heterocycles. The summed E-state index contributed by atoms with van der Waals surface area (Å²) in [7, 11) is 1.48. The molecule has 0 saturated heterocycles. The van der Waals surface area contributed by atoms with Gasteiger partial charge in [0.25, 0.3) is 5.91 Å². The molecule has 2 rings (SSSR count). The number of benzene rings is 1. The average molecular weight is 286 g/mol. The van der Waals surface area contributed by atoms with Crippen molar-refractivity contribution in [3.05, 3.63) is 46.3 Å². The minimum absolute atomic E-state index is 0.193. The summed E-state index contributed by atoms with van der Waals surface area (Å²) in [5, 5.41) is 3.29. The molecule has 4 nitrogen and oxygen atoms in total. The molecular weight excluding hydrogens is 277 g/mol.